The number of rotatable bonds is 9. The van der Waals surface area contributed by atoms with Crippen molar-refractivity contribution in [3.05, 3.63) is 0 Å². The number of aliphatic carboxylic acids is 1. The van der Waals surface area contributed by atoms with Crippen molar-refractivity contribution in [1.82, 2.24) is 16.0 Å². The van der Waals surface area contributed by atoms with E-state index in [0.29, 0.717) is 0 Å². The van der Waals surface area contributed by atoms with E-state index >= 15 is 0 Å². The minimum absolute atomic E-state index is 0.605. The molecule has 0 aliphatic rings. The Kier molecular flexibility index (Phi) is 8.89. The van der Waals surface area contributed by atoms with Gasteiger partial charge >= 0.3 is 5.97 Å². The third kappa shape index (κ3) is 7.35. The van der Waals surface area contributed by atoms with Gasteiger partial charge in [-0.05, 0) is 20.8 Å². The van der Waals surface area contributed by atoms with Gasteiger partial charge in [0.2, 0.25) is 17.7 Å². The maximum Gasteiger partial charge on any atom is 0.328 e. The Morgan fingerprint density at radius 2 is 1.42 bits per heavy atom. The number of aliphatic hydroxyl groups is 2. The van der Waals surface area contributed by atoms with E-state index in [1.54, 1.807) is 0 Å². The standard InChI is InChI=1S/C13H24N4O7/c1-5(14)11(21)17-9(6(2)18)12(22)15-4-8(20)16-10(7(3)19)13(23)24/h5-7,9-10,18-19H,4,14H2,1-3H3,(H,15,22)(H,16,20)(H,17,21)(H,23,24). The fourth-order valence-corrected chi connectivity index (χ4v) is 1.58. The first-order valence-electron chi connectivity index (χ1n) is 7.19. The van der Waals surface area contributed by atoms with E-state index in [9.17, 15) is 29.4 Å². The smallest absolute Gasteiger partial charge is 0.328 e. The normalized spacial score (nSPS) is 16.9. The van der Waals surface area contributed by atoms with Crippen LogP contribution in [-0.2, 0) is 19.2 Å². The van der Waals surface area contributed by atoms with Crippen LogP contribution in [0.2, 0.25) is 0 Å². The minimum atomic E-state index is -1.53. The predicted molar refractivity (Wildman–Crippen MR) is 81.5 cm³/mol. The van der Waals surface area contributed by atoms with Crippen LogP contribution in [0.3, 0.4) is 0 Å². The van der Waals surface area contributed by atoms with Crippen LogP contribution < -0.4 is 21.7 Å². The van der Waals surface area contributed by atoms with Gasteiger partial charge in [-0.25, -0.2) is 4.79 Å². The molecule has 11 heteroatoms. The zero-order chi connectivity index (χ0) is 19.0. The first-order valence-corrected chi connectivity index (χ1v) is 7.19. The third-order valence-corrected chi connectivity index (χ3v) is 2.96. The molecule has 0 aliphatic heterocycles. The monoisotopic (exact) mass is 348 g/mol. The fourth-order valence-electron chi connectivity index (χ4n) is 1.58. The second-order valence-corrected chi connectivity index (χ2v) is 5.36. The Bertz CT molecular complexity index is 479. The maximum absolute atomic E-state index is 11.9. The summed E-state index contributed by atoms with van der Waals surface area (Å²) >= 11 is 0. The number of aliphatic hydroxyl groups excluding tert-OH is 2. The molecule has 0 aliphatic carbocycles. The summed E-state index contributed by atoms with van der Waals surface area (Å²) in [5.41, 5.74) is 5.35. The number of nitrogens with one attached hydrogen (secondary N) is 3. The van der Waals surface area contributed by atoms with Crippen LogP contribution in [0.5, 0.6) is 0 Å². The Hall–Kier alpha value is -2.24. The summed E-state index contributed by atoms with van der Waals surface area (Å²) in [6.07, 6.45) is -2.59. The van der Waals surface area contributed by atoms with E-state index < -0.39 is 60.6 Å². The summed E-state index contributed by atoms with van der Waals surface area (Å²) in [6.45, 7) is 3.23. The molecule has 0 saturated heterocycles. The molecule has 11 nitrogen and oxygen atoms in total. The predicted octanol–water partition coefficient (Wildman–Crippen LogP) is -3.73. The highest BCUT2D eigenvalue weighted by atomic mass is 16.4. The SMILES string of the molecule is CC(N)C(=O)NC(C(=O)NCC(=O)NC(C(=O)O)C(C)O)C(C)O. The van der Waals surface area contributed by atoms with Gasteiger partial charge in [0.15, 0.2) is 6.04 Å². The van der Waals surface area contributed by atoms with Crippen LogP contribution in [0.25, 0.3) is 0 Å². The number of nitrogens with two attached hydrogens (primary N) is 1. The second-order valence-electron chi connectivity index (χ2n) is 5.36. The highest BCUT2D eigenvalue weighted by Gasteiger charge is 2.28. The summed E-state index contributed by atoms with van der Waals surface area (Å²) in [7, 11) is 0. The lowest BCUT2D eigenvalue weighted by molar-refractivity contribution is -0.144. The van der Waals surface area contributed by atoms with Crippen molar-refractivity contribution < 1.29 is 34.5 Å². The van der Waals surface area contributed by atoms with Crippen LogP contribution in [0.1, 0.15) is 20.8 Å². The second kappa shape index (κ2) is 9.80. The number of hydrogen-bond acceptors (Lipinski definition) is 7. The number of carboxylic acid groups (broad SMARTS) is 1. The first kappa shape index (κ1) is 21.8. The Labute approximate surface area is 138 Å². The lowest BCUT2D eigenvalue weighted by atomic mass is 10.1. The quantitative estimate of drug-likeness (QED) is 0.221. The van der Waals surface area contributed by atoms with E-state index in [4.69, 9.17) is 10.8 Å². The zero-order valence-electron chi connectivity index (χ0n) is 13.6. The molecule has 138 valence electrons. The minimum Gasteiger partial charge on any atom is -0.480 e. The molecular weight excluding hydrogens is 324 g/mol. The van der Waals surface area contributed by atoms with Gasteiger partial charge in [0.05, 0.1) is 24.8 Å². The van der Waals surface area contributed by atoms with Crippen molar-refractivity contribution in [2.75, 3.05) is 6.54 Å². The average molecular weight is 348 g/mol. The lowest BCUT2D eigenvalue weighted by Crippen LogP contribution is -2.57. The molecule has 0 saturated carbocycles. The molecule has 0 spiro atoms. The molecule has 0 aromatic heterocycles. The summed E-state index contributed by atoms with van der Waals surface area (Å²) in [5.74, 6) is -3.81. The van der Waals surface area contributed by atoms with Gasteiger partial charge in [-0.3, -0.25) is 14.4 Å². The van der Waals surface area contributed by atoms with Crippen LogP contribution >= 0.6 is 0 Å². The van der Waals surface area contributed by atoms with E-state index in [-0.39, 0.29) is 0 Å². The molecule has 3 amide bonds. The Balaban J connectivity index is 4.64. The van der Waals surface area contributed by atoms with Crippen molar-refractivity contribution >= 4 is 23.7 Å². The molecule has 0 bridgehead atoms. The number of amides is 3. The van der Waals surface area contributed by atoms with Crippen molar-refractivity contribution in [1.29, 1.82) is 0 Å². The summed E-state index contributed by atoms with van der Waals surface area (Å²) in [4.78, 5) is 45.9. The average Bonchev–Trinajstić information content (AvgIpc) is 2.46. The van der Waals surface area contributed by atoms with Gasteiger partial charge in [0.1, 0.15) is 6.04 Å². The molecule has 0 radical (unpaired) electrons. The molecule has 8 N–H and O–H groups in total. The van der Waals surface area contributed by atoms with Crippen molar-refractivity contribution in [2.24, 2.45) is 5.73 Å². The third-order valence-electron chi connectivity index (χ3n) is 2.96. The van der Waals surface area contributed by atoms with Crippen molar-refractivity contribution in [3.63, 3.8) is 0 Å². The summed E-state index contributed by atoms with van der Waals surface area (Å²) in [6, 6.07) is -3.76. The topological polar surface area (TPSA) is 191 Å². The van der Waals surface area contributed by atoms with Gasteiger partial charge in [0, 0.05) is 0 Å². The van der Waals surface area contributed by atoms with Crippen molar-refractivity contribution in [3.8, 4) is 0 Å². The molecule has 0 aromatic carbocycles. The zero-order valence-corrected chi connectivity index (χ0v) is 13.6. The molecule has 0 aromatic rings. The molecule has 0 rings (SSSR count). The summed E-state index contributed by atoms with van der Waals surface area (Å²) < 4.78 is 0. The Morgan fingerprint density at radius 3 is 1.79 bits per heavy atom. The molecule has 5 unspecified atom stereocenters. The highest BCUT2D eigenvalue weighted by molar-refractivity contribution is 5.92. The van der Waals surface area contributed by atoms with Gasteiger partial charge in [-0.2, -0.15) is 0 Å². The largest absolute Gasteiger partial charge is 0.480 e. The lowest BCUT2D eigenvalue weighted by Gasteiger charge is -2.22. The molecule has 24 heavy (non-hydrogen) atoms. The fraction of sp³-hybridized carbons (Fsp3) is 0.692. The first-order chi connectivity index (χ1) is 11.0. The number of carboxylic acids is 1. The van der Waals surface area contributed by atoms with Gasteiger partial charge in [-0.1, -0.05) is 0 Å². The molecular formula is C13H24N4O7. The van der Waals surface area contributed by atoms with E-state index in [1.165, 1.54) is 20.8 Å². The van der Waals surface area contributed by atoms with Gasteiger partial charge in [-0.15, -0.1) is 0 Å². The van der Waals surface area contributed by atoms with Crippen LogP contribution in [0.4, 0.5) is 0 Å². The Morgan fingerprint density at radius 1 is 0.917 bits per heavy atom. The van der Waals surface area contributed by atoms with E-state index in [0.717, 1.165) is 0 Å². The van der Waals surface area contributed by atoms with Gasteiger partial charge in [0.25, 0.3) is 0 Å². The maximum atomic E-state index is 11.9. The van der Waals surface area contributed by atoms with Crippen LogP contribution in [-0.4, -0.2) is 75.9 Å². The molecule has 0 fully saturated rings. The van der Waals surface area contributed by atoms with E-state index in [1.807, 2.05) is 5.32 Å². The van der Waals surface area contributed by atoms with Crippen LogP contribution in [0.15, 0.2) is 0 Å². The highest BCUT2D eigenvalue weighted by Crippen LogP contribution is 1.95. The van der Waals surface area contributed by atoms with Crippen LogP contribution in [0, 0.1) is 0 Å². The molecule has 0 heterocycles. The van der Waals surface area contributed by atoms with E-state index in [2.05, 4.69) is 10.6 Å². The number of hydrogen-bond donors (Lipinski definition) is 7. The number of carbonyl (C=O) groups excluding carboxylic acids is 3. The summed E-state index contributed by atoms with van der Waals surface area (Å²) in [5, 5.41) is 34.0. The van der Waals surface area contributed by atoms with Gasteiger partial charge < -0.3 is 37.0 Å². The molecule has 5 atom stereocenters. The van der Waals surface area contributed by atoms with Crippen molar-refractivity contribution in [2.45, 2.75) is 51.1 Å². The number of carbonyl (C=O) groups is 4.